The quantitative estimate of drug-likeness (QED) is 0.646. The number of hydrogen-bond acceptors (Lipinski definition) is 3. The van der Waals surface area contributed by atoms with Crippen molar-refractivity contribution < 1.29 is 4.74 Å². The molecule has 0 bridgehead atoms. The predicted molar refractivity (Wildman–Crippen MR) is 74.4 cm³/mol. The van der Waals surface area contributed by atoms with Crippen LogP contribution in [0.4, 0.5) is 0 Å². The van der Waals surface area contributed by atoms with Crippen molar-refractivity contribution in [3.63, 3.8) is 0 Å². The highest BCUT2D eigenvalue weighted by atomic mass is 32.1. The Labute approximate surface area is 112 Å². The van der Waals surface area contributed by atoms with E-state index >= 15 is 0 Å². The van der Waals surface area contributed by atoms with Gasteiger partial charge in [0.15, 0.2) is 10.4 Å². The number of ether oxygens (including phenoxy) is 1. The van der Waals surface area contributed by atoms with Crippen molar-refractivity contribution in [2.75, 3.05) is 13.2 Å². The Hall–Kier alpha value is -1.14. The van der Waals surface area contributed by atoms with E-state index < -0.39 is 0 Å². The van der Waals surface area contributed by atoms with Gasteiger partial charge in [0.25, 0.3) is 0 Å². The van der Waals surface area contributed by atoms with Crippen LogP contribution >= 0.6 is 12.2 Å². The molecule has 0 aliphatic heterocycles. The van der Waals surface area contributed by atoms with Gasteiger partial charge in [0, 0.05) is 13.7 Å². The molecular weight excluding hydrogens is 248 g/mol. The molecule has 0 aliphatic rings. The molecule has 0 aromatic carbocycles. The summed E-state index contributed by atoms with van der Waals surface area (Å²) in [5, 5.41) is 4.55. The van der Waals surface area contributed by atoms with E-state index in [1.165, 1.54) is 0 Å². The number of aryl methyl sites for hydroxylation is 2. The Kier molecular flexibility index (Phi) is 4.19. The highest BCUT2D eigenvalue weighted by Gasteiger charge is 2.14. The number of hydrogen-bond donors (Lipinski definition) is 1. The maximum atomic E-state index is 5.39. The monoisotopic (exact) mass is 268 g/mol. The van der Waals surface area contributed by atoms with Crippen molar-refractivity contribution >= 4 is 23.4 Å². The van der Waals surface area contributed by atoms with Gasteiger partial charge < -0.3 is 9.72 Å². The Morgan fingerprint density at radius 2 is 2.17 bits per heavy atom. The van der Waals surface area contributed by atoms with Crippen molar-refractivity contribution in [1.29, 1.82) is 0 Å². The molecule has 0 saturated carbocycles. The van der Waals surface area contributed by atoms with Gasteiger partial charge in [-0.1, -0.05) is 13.3 Å². The zero-order valence-electron chi connectivity index (χ0n) is 11.2. The summed E-state index contributed by atoms with van der Waals surface area (Å²) in [6.07, 6.45) is 2.05. The number of imidazole rings is 1. The molecular formula is C12H20N4OS. The van der Waals surface area contributed by atoms with Crippen LogP contribution in [-0.2, 0) is 24.8 Å². The second-order valence-corrected chi connectivity index (χ2v) is 4.68. The van der Waals surface area contributed by atoms with Gasteiger partial charge in [-0.3, -0.25) is 9.25 Å². The van der Waals surface area contributed by atoms with Gasteiger partial charge >= 0.3 is 0 Å². The fraction of sp³-hybridized carbons (Fsp3) is 0.667. The lowest BCUT2D eigenvalue weighted by molar-refractivity contribution is 0.139. The van der Waals surface area contributed by atoms with Gasteiger partial charge in [0.2, 0.25) is 0 Å². The van der Waals surface area contributed by atoms with Crippen molar-refractivity contribution in [3.8, 4) is 0 Å². The first-order valence-corrected chi connectivity index (χ1v) is 6.82. The number of H-pyrrole nitrogens is 1. The third-order valence-electron chi connectivity index (χ3n) is 2.97. The highest BCUT2D eigenvalue weighted by molar-refractivity contribution is 7.71. The maximum absolute atomic E-state index is 5.39. The number of nitrogens with one attached hydrogen (secondary N) is 1. The molecule has 100 valence electrons. The Morgan fingerprint density at radius 1 is 1.39 bits per heavy atom. The molecule has 2 aromatic heterocycles. The predicted octanol–water partition coefficient (Wildman–Crippen LogP) is 2.42. The summed E-state index contributed by atoms with van der Waals surface area (Å²) >= 11 is 5.37. The summed E-state index contributed by atoms with van der Waals surface area (Å²) in [5.41, 5.74) is 3.22. The Balaban J connectivity index is 2.40. The molecule has 2 rings (SSSR count). The van der Waals surface area contributed by atoms with Gasteiger partial charge in [-0.2, -0.15) is 5.10 Å². The fourth-order valence-electron chi connectivity index (χ4n) is 2.20. The van der Waals surface area contributed by atoms with Crippen LogP contribution in [0.2, 0.25) is 0 Å². The van der Waals surface area contributed by atoms with Crippen molar-refractivity contribution in [1.82, 2.24) is 19.3 Å². The van der Waals surface area contributed by atoms with Crippen LogP contribution in [0.1, 0.15) is 26.0 Å². The van der Waals surface area contributed by atoms with Crippen molar-refractivity contribution in [2.24, 2.45) is 7.05 Å². The molecule has 6 heteroatoms. The van der Waals surface area contributed by atoms with Gasteiger partial charge in [-0.25, -0.2) is 0 Å². The average Bonchev–Trinajstić information content (AvgIpc) is 2.80. The van der Waals surface area contributed by atoms with Gasteiger partial charge in [0.1, 0.15) is 5.52 Å². The van der Waals surface area contributed by atoms with Crippen molar-refractivity contribution in [3.05, 3.63) is 10.5 Å². The average molecular weight is 268 g/mol. The van der Waals surface area contributed by atoms with Crippen LogP contribution in [-0.4, -0.2) is 32.5 Å². The largest absolute Gasteiger partial charge is 0.380 e. The molecule has 1 N–H and O–H groups in total. The molecule has 5 nitrogen and oxygen atoms in total. The second kappa shape index (κ2) is 5.67. The molecule has 0 amide bonds. The van der Waals surface area contributed by atoms with Crippen LogP contribution in [0.25, 0.3) is 11.2 Å². The lowest BCUT2D eigenvalue weighted by Gasteiger charge is -2.04. The summed E-state index contributed by atoms with van der Waals surface area (Å²) in [6.45, 7) is 6.31. The van der Waals surface area contributed by atoms with E-state index in [1.54, 1.807) is 0 Å². The summed E-state index contributed by atoms with van der Waals surface area (Å²) in [5.74, 6) is 0. The van der Waals surface area contributed by atoms with E-state index in [0.29, 0.717) is 6.61 Å². The van der Waals surface area contributed by atoms with Crippen LogP contribution in [0.15, 0.2) is 0 Å². The molecule has 0 radical (unpaired) electrons. The minimum absolute atomic E-state index is 0.673. The third-order valence-corrected chi connectivity index (χ3v) is 3.29. The van der Waals surface area contributed by atoms with Gasteiger partial charge in [-0.05, 0) is 25.6 Å². The first-order chi connectivity index (χ1) is 8.69. The van der Waals surface area contributed by atoms with E-state index in [-0.39, 0.29) is 0 Å². The van der Waals surface area contributed by atoms with Crippen LogP contribution in [0, 0.1) is 4.77 Å². The fourth-order valence-corrected chi connectivity index (χ4v) is 2.48. The van der Waals surface area contributed by atoms with E-state index in [9.17, 15) is 0 Å². The topological polar surface area (TPSA) is 47.8 Å². The molecule has 0 saturated heterocycles. The molecule has 2 heterocycles. The Bertz CT molecular complexity index is 581. The zero-order valence-corrected chi connectivity index (χ0v) is 12.0. The van der Waals surface area contributed by atoms with Crippen LogP contribution in [0.5, 0.6) is 0 Å². The number of aromatic amines is 1. The van der Waals surface area contributed by atoms with Crippen LogP contribution < -0.4 is 0 Å². The molecule has 0 spiro atoms. The normalized spacial score (nSPS) is 11.5. The smallest absolute Gasteiger partial charge is 0.179 e. The first kappa shape index (κ1) is 13.3. The summed E-state index contributed by atoms with van der Waals surface area (Å²) in [6, 6.07) is 0. The lowest BCUT2D eigenvalue weighted by atomic mass is 10.2. The number of rotatable bonds is 6. The molecule has 0 unspecified atom stereocenters. The van der Waals surface area contributed by atoms with E-state index in [1.807, 2.05) is 18.7 Å². The molecule has 0 aliphatic carbocycles. The number of fused-ring (bicyclic) bond motifs is 1. The minimum Gasteiger partial charge on any atom is -0.380 e. The van der Waals surface area contributed by atoms with Crippen molar-refractivity contribution in [2.45, 2.75) is 33.2 Å². The van der Waals surface area contributed by atoms with E-state index in [4.69, 9.17) is 17.0 Å². The lowest BCUT2D eigenvalue weighted by Crippen LogP contribution is -2.08. The molecule has 0 fully saturated rings. The highest BCUT2D eigenvalue weighted by Crippen LogP contribution is 2.18. The van der Waals surface area contributed by atoms with Gasteiger partial charge in [-0.15, -0.1) is 0 Å². The first-order valence-electron chi connectivity index (χ1n) is 6.41. The summed E-state index contributed by atoms with van der Waals surface area (Å²) in [7, 11) is 1.96. The summed E-state index contributed by atoms with van der Waals surface area (Å²) in [4.78, 5) is 3.27. The molecule has 0 atom stereocenters. The zero-order chi connectivity index (χ0) is 13.1. The second-order valence-electron chi connectivity index (χ2n) is 4.30. The van der Waals surface area contributed by atoms with E-state index in [2.05, 4.69) is 21.6 Å². The van der Waals surface area contributed by atoms with E-state index in [0.717, 1.165) is 47.6 Å². The molecule has 18 heavy (non-hydrogen) atoms. The standard InChI is InChI=1S/C12H20N4OS/c1-4-6-9-10-11(15(3)14-9)16(12(18)13-10)7-8-17-5-2/h4-8H2,1-3H3,(H,13,18). The van der Waals surface area contributed by atoms with Gasteiger partial charge in [0.05, 0.1) is 18.8 Å². The van der Waals surface area contributed by atoms with Crippen LogP contribution in [0.3, 0.4) is 0 Å². The SMILES string of the molecule is CCCc1nn(C)c2c1[nH]c(=S)n2CCOCC. The third kappa shape index (κ3) is 2.35. The number of nitrogens with zero attached hydrogens (tertiary/aromatic N) is 3. The minimum atomic E-state index is 0.673. The summed E-state index contributed by atoms with van der Waals surface area (Å²) < 4.78 is 10.1. The Morgan fingerprint density at radius 3 is 2.83 bits per heavy atom. The molecule has 2 aromatic rings. The number of aromatic nitrogens is 4. The maximum Gasteiger partial charge on any atom is 0.179 e.